The Kier molecular flexibility index (Phi) is 10.9. The van der Waals surface area contributed by atoms with Gasteiger partial charge >= 0.3 is 0 Å². The van der Waals surface area contributed by atoms with Gasteiger partial charge in [0.05, 0.1) is 19.8 Å². The van der Waals surface area contributed by atoms with Crippen molar-refractivity contribution in [2.24, 2.45) is 4.99 Å². The normalized spacial score (nSPS) is 18.4. The van der Waals surface area contributed by atoms with Gasteiger partial charge in [-0.05, 0) is 13.3 Å². The first-order chi connectivity index (χ1) is 14.5. The molecule has 0 unspecified atom stereocenters. The summed E-state index contributed by atoms with van der Waals surface area (Å²) in [5.41, 5.74) is 0. The van der Waals surface area contributed by atoms with E-state index in [9.17, 15) is 9.59 Å². The summed E-state index contributed by atoms with van der Waals surface area (Å²) < 4.78 is 10.7. The number of nitrogens with one attached hydrogen (secondary N) is 1. The van der Waals surface area contributed by atoms with E-state index in [0.717, 1.165) is 45.1 Å². The molecule has 2 amide bonds. The highest BCUT2D eigenvalue weighted by Crippen LogP contribution is 2.05. The second-order valence-electron chi connectivity index (χ2n) is 7.66. The summed E-state index contributed by atoms with van der Waals surface area (Å²) in [5.74, 6) is 0.894. The summed E-state index contributed by atoms with van der Waals surface area (Å²) in [6, 6.07) is 0. The van der Waals surface area contributed by atoms with Gasteiger partial charge in [0.15, 0.2) is 5.96 Å². The summed E-state index contributed by atoms with van der Waals surface area (Å²) in [4.78, 5) is 36.8. The lowest BCUT2D eigenvalue weighted by molar-refractivity contribution is -0.136. The number of ether oxygens (including phenoxy) is 2. The van der Waals surface area contributed by atoms with Gasteiger partial charge in [0, 0.05) is 73.1 Å². The number of likely N-dealkylation sites (N-methyl/N-ethyl adjacent to an activating group) is 1. The topological polar surface area (TPSA) is 90.0 Å². The van der Waals surface area contributed by atoms with E-state index in [0.29, 0.717) is 46.1 Å². The summed E-state index contributed by atoms with van der Waals surface area (Å²) in [6.45, 7) is 10.4. The van der Waals surface area contributed by atoms with Gasteiger partial charge in [0.2, 0.25) is 11.8 Å². The molecule has 2 fully saturated rings. The minimum atomic E-state index is -0.0293. The van der Waals surface area contributed by atoms with Crippen molar-refractivity contribution in [3.05, 3.63) is 0 Å². The Morgan fingerprint density at radius 3 is 2.40 bits per heavy atom. The first kappa shape index (κ1) is 24.4. The van der Waals surface area contributed by atoms with Crippen molar-refractivity contribution in [3.63, 3.8) is 0 Å². The van der Waals surface area contributed by atoms with E-state index in [1.54, 1.807) is 19.0 Å². The van der Waals surface area contributed by atoms with Gasteiger partial charge < -0.3 is 29.5 Å². The molecule has 2 heterocycles. The van der Waals surface area contributed by atoms with Crippen LogP contribution < -0.4 is 5.32 Å². The molecule has 0 saturated carbocycles. The summed E-state index contributed by atoms with van der Waals surface area (Å²) >= 11 is 0. The van der Waals surface area contributed by atoms with Crippen LogP contribution in [0.5, 0.6) is 0 Å². The SMILES string of the molecule is CCOCCCNC(=NCC(=O)N(C)C)N1CCN(CC(=O)N2CCOCC2)CC1. The molecule has 2 aliphatic rings. The molecule has 0 aliphatic carbocycles. The van der Waals surface area contributed by atoms with Crippen molar-refractivity contribution in [2.75, 3.05) is 99.4 Å². The average molecular weight is 427 g/mol. The van der Waals surface area contributed by atoms with Crippen LogP contribution in [-0.2, 0) is 19.1 Å². The molecule has 0 atom stereocenters. The molecule has 172 valence electrons. The third-order valence-corrected chi connectivity index (χ3v) is 5.21. The van der Waals surface area contributed by atoms with Gasteiger partial charge in [0.25, 0.3) is 0 Å². The van der Waals surface area contributed by atoms with Crippen LogP contribution in [0.3, 0.4) is 0 Å². The second-order valence-corrected chi connectivity index (χ2v) is 7.66. The van der Waals surface area contributed by atoms with Crippen molar-refractivity contribution >= 4 is 17.8 Å². The fraction of sp³-hybridized carbons (Fsp3) is 0.850. The fourth-order valence-electron chi connectivity index (χ4n) is 3.29. The van der Waals surface area contributed by atoms with Crippen LogP contribution in [0.25, 0.3) is 0 Å². The quantitative estimate of drug-likeness (QED) is 0.285. The number of aliphatic imine (C=N–C) groups is 1. The van der Waals surface area contributed by atoms with Gasteiger partial charge in [0.1, 0.15) is 6.54 Å². The van der Waals surface area contributed by atoms with E-state index in [2.05, 4.69) is 20.1 Å². The van der Waals surface area contributed by atoms with Crippen LogP contribution in [0.4, 0.5) is 0 Å². The Balaban J connectivity index is 1.83. The van der Waals surface area contributed by atoms with Crippen molar-refractivity contribution in [2.45, 2.75) is 13.3 Å². The predicted molar refractivity (Wildman–Crippen MR) is 116 cm³/mol. The number of carbonyl (C=O) groups excluding carboxylic acids is 2. The predicted octanol–water partition coefficient (Wildman–Crippen LogP) is -1.08. The Hall–Kier alpha value is -1.91. The maximum Gasteiger partial charge on any atom is 0.243 e. The van der Waals surface area contributed by atoms with Gasteiger partial charge in [-0.1, -0.05) is 0 Å². The number of hydrogen-bond donors (Lipinski definition) is 1. The monoisotopic (exact) mass is 426 g/mol. The molecule has 0 radical (unpaired) electrons. The van der Waals surface area contributed by atoms with E-state index >= 15 is 0 Å². The van der Waals surface area contributed by atoms with Crippen LogP contribution in [-0.4, -0.2) is 137 Å². The van der Waals surface area contributed by atoms with Gasteiger partial charge in [-0.2, -0.15) is 0 Å². The molecular formula is C20H38N6O4. The van der Waals surface area contributed by atoms with Crippen LogP contribution in [0.15, 0.2) is 4.99 Å². The summed E-state index contributed by atoms with van der Waals surface area (Å²) in [7, 11) is 3.47. The maximum atomic E-state index is 12.5. The first-order valence-electron chi connectivity index (χ1n) is 10.9. The zero-order valence-corrected chi connectivity index (χ0v) is 18.8. The fourth-order valence-corrected chi connectivity index (χ4v) is 3.29. The minimum Gasteiger partial charge on any atom is -0.382 e. The molecule has 0 aromatic carbocycles. The Morgan fingerprint density at radius 2 is 1.77 bits per heavy atom. The third kappa shape index (κ3) is 8.45. The number of hydrogen-bond acceptors (Lipinski definition) is 6. The Morgan fingerprint density at radius 1 is 1.07 bits per heavy atom. The number of morpholine rings is 1. The smallest absolute Gasteiger partial charge is 0.243 e. The van der Waals surface area contributed by atoms with Crippen LogP contribution >= 0.6 is 0 Å². The molecule has 2 aliphatic heterocycles. The lowest BCUT2D eigenvalue weighted by Crippen LogP contribution is -2.55. The molecule has 0 aromatic heterocycles. The third-order valence-electron chi connectivity index (χ3n) is 5.21. The van der Waals surface area contributed by atoms with Crippen molar-refractivity contribution in [3.8, 4) is 0 Å². The highest BCUT2D eigenvalue weighted by atomic mass is 16.5. The molecule has 10 nitrogen and oxygen atoms in total. The minimum absolute atomic E-state index is 0.0293. The van der Waals surface area contributed by atoms with E-state index in [4.69, 9.17) is 9.47 Å². The van der Waals surface area contributed by atoms with Crippen molar-refractivity contribution < 1.29 is 19.1 Å². The average Bonchev–Trinajstić information content (AvgIpc) is 2.76. The van der Waals surface area contributed by atoms with E-state index < -0.39 is 0 Å². The molecule has 30 heavy (non-hydrogen) atoms. The zero-order chi connectivity index (χ0) is 21.8. The van der Waals surface area contributed by atoms with Gasteiger partial charge in [-0.3, -0.25) is 14.5 Å². The number of nitrogens with zero attached hydrogens (tertiary/aromatic N) is 5. The molecule has 2 saturated heterocycles. The van der Waals surface area contributed by atoms with Gasteiger partial charge in [-0.15, -0.1) is 0 Å². The Labute approximate surface area is 180 Å². The number of guanidine groups is 1. The molecule has 0 aromatic rings. The van der Waals surface area contributed by atoms with Crippen molar-refractivity contribution in [1.29, 1.82) is 0 Å². The second kappa shape index (κ2) is 13.4. The summed E-state index contributed by atoms with van der Waals surface area (Å²) in [5, 5.41) is 3.37. The lowest BCUT2D eigenvalue weighted by Gasteiger charge is -2.37. The zero-order valence-electron chi connectivity index (χ0n) is 18.8. The molecule has 0 bridgehead atoms. The molecule has 0 spiro atoms. The molecule has 1 N–H and O–H groups in total. The van der Waals surface area contributed by atoms with E-state index in [-0.39, 0.29) is 18.4 Å². The number of rotatable bonds is 9. The van der Waals surface area contributed by atoms with Gasteiger partial charge in [-0.25, -0.2) is 4.99 Å². The first-order valence-corrected chi connectivity index (χ1v) is 10.9. The van der Waals surface area contributed by atoms with E-state index in [1.165, 1.54) is 0 Å². The standard InChI is InChI=1S/C20H38N6O4/c1-4-29-13-5-6-21-20(22-16-18(27)23(2)3)26-9-7-24(8-10-26)17-19(28)25-11-14-30-15-12-25/h4-17H2,1-3H3,(H,21,22). The number of piperazine rings is 1. The van der Waals surface area contributed by atoms with E-state index in [1.807, 2.05) is 11.8 Å². The highest BCUT2D eigenvalue weighted by molar-refractivity contribution is 5.85. The van der Waals surface area contributed by atoms with Crippen LogP contribution in [0.1, 0.15) is 13.3 Å². The molecular weight excluding hydrogens is 388 g/mol. The number of amides is 2. The Bertz CT molecular complexity index is 557. The molecule has 10 heteroatoms. The highest BCUT2D eigenvalue weighted by Gasteiger charge is 2.24. The van der Waals surface area contributed by atoms with Crippen LogP contribution in [0, 0.1) is 0 Å². The molecule has 2 rings (SSSR count). The summed E-state index contributed by atoms with van der Waals surface area (Å²) in [6.07, 6.45) is 0.877. The number of carbonyl (C=O) groups is 2. The largest absolute Gasteiger partial charge is 0.382 e. The maximum absolute atomic E-state index is 12.5. The van der Waals surface area contributed by atoms with Crippen LogP contribution in [0.2, 0.25) is 0 Å². The van der Waals surface area contributed by atoms with Crippen molar-refractivity contribution in [1.82, 2.24) is 24.9 Å². The lowest BCUT2D eigenvalue weighted by atomic mass is 10.3.